The highest BCUT2D eigenvalue weighted by atomic mass is 32.1. The van der Waals surface area contributed by atoms with E-state index in [4.69, 9.17) is 4.74 Å². The molecule has 0 amide bonds. The van der Waals surface area contributed by atoms with Gasteiger partial charge < -0.3 is 10.1 Å². The van der Waals surface area contributed by atoms with Crippen LogP contribution in [0.2, 0.25) is 0 Å². The van der Waals surface area contributed by atoms with Crippen molar-refractivity contribution in [3.8, 4) is 0 Å². The van der Waals surface area contributed by atoms with Crippen molar-refractivity contribution >= 4 is 18.6 Å². The standard InChI is InChI=1S/C10H17NO2S/c1-9(2)6-4-11-7(8(12)13-3)10(6,9)5-14/h6-7,11,14H,4-5H2,1-3H3. The average Bonchev–Trinajstić information content (AvgIpc) is 2.50. The molecule has 3 atom stereocenters. The second kappa shape index (κ2) is 2.89. The second-order valence-corrected chi connectivity index (χ2v) is 5.15. The van der Waals surface area contributed by atoms with Crippen molar-refractivity contribution in [1.29, 1.82) is 0 Å². The number of nitrogens with one attached hydrogen (secondary N) is 1. The van der Waals surface area contributed by atoms with Gasteiger partial charge in [-0.1, -0.05) is 13.8 Å². The van der Waals surface area contributed by atoms with E-state index in [1.165, 1.54) is 7.11 Å². The van der Waals surface area contributed by atoms with E-state index in [-0.39, 0.29) is 22.8 Å². The molecule has 0 aromatic rings. The summed E-state index contributed by atoms with van der Waals surface area (Å²) in [6.45, 7) is 5.34. The summed E-state index contributed by atoms with van der Waals surface area (Å²) in [5, 5.41) is 3.23. The van der Waals surface area contributed by atoms with Crippen molar-refractivity contribution in [1.82, 2.24) is 5.32 Å². The highest BCUT2D eigenvalue weighted by molar-refractivity contribution is 7.80. The molecule has 2 aliphatic rings. The van der Waals surface area contributed by atoms with Gasteiger partial charge in [0.1, 0.15) is 6.04 Å². The van der Waals surface area contributed by atoms with Crippen LogP contribution in [0.25, 0.3) is 0 Å². The van der Waals surface area contributed by atoms with Gasteiger partial charge in [0.15, 0.2) is 0 Å². The van der Waals surface area contributed by atoms with Crippen LogP contribution in [0.15, 0.2) is 0 Å². The van der Waals surface area contributed by atoms with Crippen LogP contribution in [0.4, 0.5) is 0 Å². The van der Waals surface area contributed by atoms with Crippen molar-refractivity contribution in [3.05, 3.63) is 0 Å². The summed E-state index contributed by atoms with van der Waals surface area (Å²) in [6, 6.07) is -0.162. The molecule has 1 aliphatic carbocycles. The number of ether oxygens (including phenoxy) is 1. The van der Waals surface area contributed by atoms with Crippen LogP contribution in [0.1, 0.15) is 13.8 Å². The van der Waals surface area contributed by atoms with Crippen LogP contribution >= 0.6 is 12.6 Å². The molecule has 4 heteroatoms. The van der Waals surface area contributed by atoms with Crippen molar-refractivity contribution < 1.29 is 9.53 Å². The predicted molar refractivity (Wildman–Crippen MR) is 57.4 cm³/mol. The quantitative estimate of drug-likeness (QED) is 0.526. The van der Waals surface area contributed by atoms with Crippen LogP contribution in [0.3, 0.4) is 0 Å². The normalized spacial score (nSPS) is 43.1. The minimum Gasteiger partial charge on any atom is -0.468 e. The van der Waals surface area contributed by atoms with Gasteiger partial charge in [0, 0.05) is 5.41 Å². The minimum absolute atomic E-state index is 0.0171. The molecule has 14 heavy (non-hydrogen) atoms. The highest BCUT2D eigenvalue weighted by Gasteiger charge is 2.77. The molecule has 0 spiro atoms. The van der Waals surface area contributed by atoms with Crippen molar-refractivity contribution in [3.63, 3.8) is 0 Å². The highest BCUT2D eigenvalue weighted by Crippen LogP contribution is 2.73. The summed E-state index contributed by atoms with van der Waals surface area (Å²) in [6.07, 6.45) is 0. The predicted octanol–water partition coefficient (Wildman–Crippen LogP) is 0.703. The summed E-state index contributed by atoms with van der Waals surface area (Å²) >= 11 is 4.40. The van der Waals surface area contributed by atoms with E-state index < -0.39 is 0 Å². The lowest BCUT2D eigenvalue weighted by atomic mass is 9.90. The van der Waals surface area contributed by atoms with E-state index >= 15 is 0 Å². The third kappa shape index (κ3) is 0.910. The van der Waals surface area contributed by atoms with Crippen LogP contribution in [-0.2, 0) is 9.53 Å². The molecule has 3 unspecified atom stereocenters. The number of fused-ring (bicyclic) bond motifs is 1. The van der Waals surface area contributed by atoms with E-state index in [0.717, 1.165) is 12.3 Å². The van der Waals surface area contributed by atoms with E-state index in [1.54, 1.807) is 0 Å². The van der Waals surface area contributed by atoms with Gasteiger partial charge in [-0.2, -0.15) is 12.6 Å². The Labute approximate surface area is 90.0 Å². The Bertz CT molecular complexity index is 279. The Morgan fingerprint density at radius 1 is 1.64 bits per heavy atom. The Hall–Kier alpha value is -0.220. The first kappa shape index (κ1) is 10.3. The SMILES string of the molecule is COC(=O)C1NCC2C(C)(C)C12CS. The number of thiol groups is 1. The van der Waals surface area contributed by atoms with Gasteiger partial charge in [0.25, 0.3) is 0 Å². The first-order valence-electron chi connectivity index (χ1n) is 4.94. The number of piperidine rings is 1. The van der Waals surface area contributed by atoms with Crippen LogP contribution in [0, 0.1) is 16.7 Å². The molecule has 0 aromatic carbocycles. The largest absolute Gasteiger partial charge is 0.468 e. The summed E-state index contributed by atoms with van der Waals surface area (Å²) in [4.78, 5) is 11.6. The zero-order chi connectivity index (χ0) is 10.6. The summed E-state index contributed by atoms with van der Waals surface area (Å²) in [5.41, 5.74) is 0.238. The third-order valence-corrected chi connectivity index (χ3v) is 4.87. The smallest absolute Gasteiger partial charge is 0.323 e. The maximum Gasteiger partial charge on any atom is 0.323 e. The average molecular weight is 215 g/mol. The number of hydrogen-bond donors (Lipinski definition) is 2. The molecule has 0 bridgehead atoms. The van der Waals surface area contributed by atoms with E-state index in [1.807, 2.05) is 0 Å². The fourth-order valence-electron chi connectivity index (χ4n) is 3.25. The second-order valence-electron chi connectivity index (χ2n) is 4.84. The van der Waals surface area contributed by atoms with Crippen molar-refractivity contribution in [2.75, 3.05) is 19.4 Å². The number of carbonyl (C=O) groups is 1. The lowest BCUT2D eigenvalue weighted by molar-refractivity contribution is -0.144. The zero-order valence-electron chi connectivity index (χ0n) is 8.83. The molecule has 0 aromatic heterocycles. The fourth-order valence-corrected chi connectivity index (χ4v) is 4.06. The first-order valence-corrected chi connectivity index (χ1v) is 5.57. The molecular weight excluding hydrogens is 198 g/mol. The molecule has 2 rings (SSSR count). The lowest BCUT2D eigenvalue weighted by Gasteiger charge is -2.25. The summed E-state index contributed by atoms with van der Waals surface area (Å²) in [5.74, 6) is 1.17. The van der Waals surface area contributed by atoms with Crippen LogP contribution in [-0.4, -0.2) is 31.4 Å². The molecule has 2 fully saturated rings. The zero-order valence-corrected chi connectivity index (χ0v) is 9.73. The molecule has 1 saturated heterocycles. The molecule has 80 valence electrons. The van der Waals surface area contributed by atoms with Crippen LogP contribution in [0.5, 0.6) is 0 Å². The molecule has 1 N–H and O–H groups in total. The van der Waals surface area contributed by atoms with Gasteiger partial charge in [0.2, 0.25) is 0 Å². The molecule has 0 radical (unpaired) electrons. The molecular formula is C10H17NO2S. The number of methoxy groups -OCH3 is 1. The third-order valence-electron chi connectivity index (χ3n) is 4.35. The minimum atomic E-state index is -0.162. The van der Waals surface area contributed by atoms with Gasteiger partial charge in [0.05, 0.1) is 7.11 Å². The Morgan fingerprint density at radius 3 is 2.71 bits per heavy atom. The van der Waals surface area contributed by atoms with Gasteiger partial charge in [-0.25, -0.2) is 0 Å². The van der Waals surface area contributed by atoms with Gasteiger partial charge in [-0.3, -0.25) is 4.79 Å². The lowest BCUT2D eigenvalue weighted by Crippen LogP contribution is -2.44. The van der Waals surface area contributed by atoms with Gasteiger partial charge >= 0.3 is 5.97 Å². The van der Waals surface area contributed by atoms with Crippen LogP contribution < -0.4 is 5.32 Å². The van der Waals surface area contributed by atoms with Crippen molar-refractivity contribution in [2.24, 2.45) is 16.7 Å². The maximum atomic E-state index is 11.6. The van der Waals surface area contributed by atoms with E-state index in [9.17, 15) is 4.79 Å². The molecule has 1 saturated carbocycles. The fraction of sp³-hybridized carbons (Fsp3) is 0.900. The Morgan fingerprint density at radius 2 is 2.29 bits per heavy atom. The molecule has 1 heterocycles. The molecule has 3 nitrogen and oxygen atoms in total. The Balaban J connectivity index is 2.26. The summed E-state index contributed by atoms with van der Waals surface area (Å²) < 4.78 is 4.82. The van der Waals surface area contributed by atoms with E-state index in [2.05, 4.69) is 31.8 Å². The van der Waals surface area contributed by atoms with Crippen molar-refractivity contribution in [2.45, 2.75) is 19.9 Å². The number of rotatable bonds is 2. The van der Waals surface area contributed by atoms with Gasteiger partial charge in [-0.05, 0) is 23.6 Å². The number of hydrogen-bond acceptors (Lipinski definition) is 4. The first-order chi connectivity index (χ1) is 6.52. The number of carbonyl (C=O) groups excluding carboxylic acids is 1. The molecule has 1 aliphatic heterocycles. The van der Waals surface area contributed by atoms with E-state index in [0.29, 0.717) is 5.92 Å². The topological polar surface area (TPSA) is 38.3 Å². The maximum absolute atomic E-state index is 11.6. The van der Waals surface area contributed by atoms with Gasteiger partial charge in [-0.15, -0.1) is 0 Å². The Kier molecular flexibility index (Phi) is 2.13. The number of esters is 1. The summed E-state index contributed by atoms with van der Waals surface area (Å²) in [7, 11) is 1.44. The monoisotopic (exact) mass is 215 g/mol.